The van der Waals surface area contributed by atoms with Gasteiger partial charge in [-0.05, 0) is 40.0 Å². The predicted octanol–water partition coefficient (Wildman–Crippen LogP) is 2.00. The molecule has 1 aromatic heterocycles. The number of piperidine rings is 1. The number of nitrogens with zero attached hydrogens (tertiary/aromatic N) is 3. The number of rotatable bonds is 6. The fourth-order valence-electron chi connectivity index (χ4n) is 2.94. The van der Waals surface area contributed by atoms with Crippen LogP contribution in [0, 0.1) is 5.92 Å². The summed E-state index contributed by atoms with van der Waals surface area (Å²) in [4.78, 5) is 0. The molecule has 2 atom stereocenters. The summed E-state index contributed by atoms with van der Waals surface area (Å²) in [6.07, 6.45) is 4.82. The first-order chi connectivity index (χ1) is 10.7. The van der Waals surface area contributed by atoms with Crippen LogP contribution in [0.1, 0.15) is 52.6 Å². The molecule has 1 N–H and O–H groups in total. The molecule has 0 saturated carbocycles. The van der Waals surface area contributed by atoms with Gasteiger partial charge in [0.2, 0.25) is 10.0 Å². The summed E-state index contributed by atoms with van der Waals surface area (Å²) in [5.74, 6) is 0.303. The summed E-state index contributed by atoms with van der Waals surface area (Å²) in [6, 6.07) is 0.711. The van der Waals surface area contributed by atoms with Crippen molar-refractivity contribution in [3.05, 3.63) is 18.0 Å². The normalized spacial score (nSPS) is 23.8. The van der Waals surface area contributed by atoms with Gasteiger partial charge in [-0.2, -0.15) is 5.10 Å². The molecule has 1 aromatic rings. The highest BCUT2D eigenvalue weighted by atomic mass is 32.2. The van der Waals surface area contributed by atoms with E-state index in [-0.39, 0.29) is 5.25 Å². The van der Waals surface area contributed by atoms with Crippen molar-refractivity contribution in [1.82, 2.24) is 19.4 Å². The molecule has 0 aromatic carbocycles. The highest BCUT2D eigenvalue weighted by molar-refractivity contribution is 7.89. The molecule has 0 spiro atoms. The van der Waals surface area contributed by atoms with Gasteiger partial charge >= 0.3 is 0 Å². The van der Waals surface area contributed by atoms with Crippen LogP contribution in [-0.4, -0.2) is 46.9 Å². The molecule has 1 saturated heterocycles. The first-order valence-corrected chi connectivity index (χ1v) is 9.97. The Morgan fingerprint density at radius 3 is 2.57 bits per heavy atom. The maximum atomic E-state index is 12.3. The van der Waals surface area contributed by atoms with Gasteiger partial charge in [0.15, 0.2) is 0 Å². The quantitative estimate of drug-likeness (QED) is 0.859. The molecule has 2 heterocycles. The first-order valence-electron chi connectivity index (χ1n) is 8.47. The van der Waals surface area contributed by atoms with Crippen LogP contribution in [-0.2, 0) is 16.6 Å². The second-order valence-corrected chi connectivity index (χ2v) is 9.62. The van der Waals surface area contributed by atoms with Gasteiger partial charge in [0.05, 0.1) is 11.4 Å². The van der Waals surface area contributed by atoms with Crippen molar-refractivity contribution in [2.75, 3.05) is 13.1 Å². The zero-order valence-corrected chi connectivity index (χ0v) is 15.7. The van der Waals surface area contributed by atoms with E-state index in [1.165, 1.54) is 5.56 Å². The van der Waals surface area contributed by atoms with E-state index in [1.54, 1.807) is 18.2 Å². The maximum absolute atomic E-state index is 12.3. The van der Waals surface area contributed by atoms with Crippen molar-refractivity contribution >= 4 is 10.0 Å². The van der Waals surface area contributed by atoms with Crippen molar-refractivity contribution in [1.29, 1.82) is 0 Å². The molecule has 1 fully saturated rings. The van der Waals surface area contributed by atoms with Crippen LogP contribution in [0.15, 0.2) is 12.4 Å². The number of nitrogens with one attached hydrogen (secondary N) is 1. The summed E-state index contributed by atoms with van der Waals surface area (Å²) in [5.41, 5.74) is 1.17. The van der Waals surface area contributed by atoms with E-state index in [1.807, 2.05) is 10.9 Å². The van der Waals surface area contributed by atoms with E-state index in [0.29, 0.717) is 31.1 Å². The van der Waals surface area contributed by atoms with Gasteiger partial charge in [0.25, 0.3) is 0 Å². The Labute approximate surface area is 140 Å². The van der Waals surface area contributed by atoms with Crippen LogP contribution < -0.4 is 5.32 Å². The van der Waals surface area contributed by atoms with E-state index in [9.17, 15) is 8.42 Å². The number of hydrogen-bond acceptors (Lipinski definition) is 4. The molecule has 23 heavy (non-hydrogen) atoms. The summed E-state index contributed by atoms with van der Waals surface area (Å²) < 4.78 is 28.2. The molecule has 1 aliphatic heterocycles. The lowest BCUT2D eigenvalue weighted by atomic mass is 9.95. The first kappa shape index (κ1) is 18.4. The molecule has 0 aliphatic carbocycles. The molecule has 0 unspecified atom stereocenters. The molecule has 7 heteroatoms. The Hall–Kier alpha value is -0.920. The zero-order valence-electron chi connectivity index (χ0n) is 14.9. The van der Waals surface area contributed by atoms with Gasteiger partial charge in [-0.1, -0.05) is 6.92 Å². The average molecular weight is 343 g/mol. The SMILES string of the molecule is CC(C)n1cc(CN[C@H]2CCN(S(=O)(=O)C(C)C)C[C@@H]2C)cn1. The lowest BCUT2D eigenvalue weighted by Gasteiger charge is -2.37. The third kappa shape index (κ3) is 4.33. The summed E-state index contributed by atoms with van der Waals surface area (Å²) >= 11 is 0. The molecule has 0 radical (unpaired) electrons. The Balaban J connectivity index is 1.89. The summed E-state index contributed by atoms with van der Waals surface area (Å²) in [5, 5.41) is 7.57. The van der Waals surface area contributed by atoms with Gasteiger partial charge in [-0.25, -0.2) is 12.7 Å². The maximum Gasteiger partial charge on any atom is 0.216 e. The second-order valence-electron chi connectivity index (χ2n) is 7.13. The van der Waals surface area contributed by atoms with Gasteiger partial charge < -0.3 is 5.32 Å². The Morgan fingerprint density at radius 2 is 2.04 bits per heavy atom. The lowest BCUT2D eigenvalue weighted by Crippen LogP contribution is -2.51. The smallest absolute Gasteiger partial charge is 0.216 e. The highest BCUT2D eigenvalue weighted by Crippen LogP contribution is 2.22. The largest absolute Gasteiger partial charge is 0.309 e. The van der Waals surface area contributed by atoms with Gasteiger partial charge in [0.1, 0.15) is 0 Å². The van der Waals surface area contributed by atoms with Crippen molar-refractivity contribution in [3.8, 4) is 0 Å². The van der Waals surface area contributed by atoms with Gasteiger partial charge in [-0.15, -0.1) is 0 Å². The third-order valence-electron chi connectivity index (χ3n) is 4.58. The molecule has 0 bridgehead atoms. The third-order valence-corrected chi connectivity index (χ3v) is 6.82. The molecule has 6 nitrogen and oxygen atoms in total. The molecule has 2 rings (SSSR count). The fourth-order valence-corrected chi connectivity index (χ4v) is 4.34. The van der Waals surface area contributed by atoms with Crippen LogP contribution in [0.2, 0.25) is 0 Å². The minimum atomic E-state index is -3.14. The minimum Gasteiger partial charge on any atom is -0.309 e. The fraction of sp³-hybridized carbons (Fsp3) is 0.812. The molecular weight excluding hydrogens is 312 g/mol. The van der Waals surface area contributed by atoms with Crippen molar-refractivity contribution in [2.24, 2.45) is 5.92 Å². The van der Waals surface area contributed by atoms with Crippen molar-refractivity contribution in [3.63, 3.8) is 0 Å². The number of aromatic nitrogens is 2. The lowest BCUT2D eigenvalue weighted by molar-refractivity contribution is 0.218. The molecule has 132 valence electrons. The predicted molar refractivity (Wildman–Crippen MR) is 92.6 cm³/mol. The number of sulfonamides is 1. The average Bonchev–Trinajstić information content (AvgIpc) is 2.94. The zero-order chi connectivity index (χ0) is 17.2. The van der Waals surface area contributed by atoms with Gasteiger partial charge in [0, 0.05) is 43.5 Å². The van der Waals surface area contributed by atoms with Crippen LogP contribution >= 0.6 is 0 Å². The van der Waals surface area contributed by atoms with E-state index < -0.39 is 10.0 Å². The standard InChI is InChI=1S/C16H30N4O2S/c1-12(2)20-11-15(9-18-20)8-17-16-6-7-19(10-14(16)5)23(21,22)13(3)4/h9,11-14,16-17H,6-8,10H2,1-5H3/t14-,16-/m0/s1. The second kappa shape index (κ2) is 7.32. The summed E-state index contributed by atoms with van der Waals surface area (Å²) in [7, 11) is -3.14. The van der Waals surface area contributed by atoms with E-state index in [2.05, 4.69) is 37.4 Å². The minimum absolute atomic E-state index is 0.303. The molecular formula is C16H30N4O2S. The van der Waals surface area contributed by atoms with Crippen LogP contribution in [0.5, 0.6) is 0 Å². The molecule has 1 aliphatic rings. The van der Waals surface area contributed by atoms with E-state index >= 15 is 0 Å². The van der Waals surface area contributed by atoms with E-state index in [4.69, 9.17) is 0 Å². The Morgan fingerprint density at radius 1 is 1.35 bits per heavy atom. The van der Waals surface area contributed by atoms with Crippen LogP contribution in [0.3, 0.4) is 0 Å². The van der Waals surface area contributed by atoms with E-state index in [0.717, 1.165) is 13.0 Å². The topological polar surface area (TPSA) is 67.2 Å². The monoisotopic (exact) mass is 342 g/mol. The summed E-state index contributed by atoms with van der Waals surface area (Å²) in [6.45, 7) is 11.8. The Bertz CT molecular complexity index is 609. The van der Waals surface area contributed by atoms with Crippen molar-refractivity contribution in [2.45, 2.75) is 64.9 Å². The number of hydrogen-bond donors (Lipinski definition) is 1. The van der Waals surface area contributed by atoms with Crippen LogP contribution in [0.4, 0.5) is 0 Å². The molecule has 0 amide bonds. The van der Waals surface area contributed by atoms with Crippen LogP contribution in [0.25, 0.3) is 0 Å². The van der Waals surface area contributed by atoms with Gasteiger partial charge in [-0.3, -0.25) is 4.68 Å². The highest BCUT2D eigenvalue weighted by Gasteiger charge is 2.33. The Kier molecular flexibility index (Phi) is 5.86. The van der Waals surface area contributed by atoms with Crippen molar-refractivity contribution < 1.29 is 8.42 Å².